The van der Waals surface area contributed by atoms with Gasteiger partial charge in [-0.25, -0.2) is 0 Å². The van der Waals surface area contributed by atoms with Crippen molar-refractivity contribution in [2.24, 2.45) is 0 Å². The van der Waals surface area contributed by atoms with Gasteiger partial charge in [0.15, 0.2) is 11.2 Å². The molecule has 2 nitrogen and oxygen atoms in total. The van der Waals surface area contributed by atoms with Crippen LogP contribution in [0, 0.1) is 0 Å². The first-order valence-corrected chi connectivity index (χ1v) is 23.8. The molecule has 0 amide bonds. The lowest BCUT2D eigenvalue weighted by Gasteiger charge is -2.34. The molecule has 1 aliphatic rings. The third-order valence-corrected chi connectivity index (χ3v) is 15.1. The molecule has 0 fully saturated rings. The first-order valence-electron chi connectivity index (χ1n) is 23.8. The van der Waals surface area contributed by atoms with Crippen LogP contribution in [0.4, 0.5) is 0 Å². The molecule has 15 rings (SSSR count). The molecule has 0 spiro atoms. The summed E-state index contributed by atoms with van der Waals surface area (Å²) in [4.78, 5) is 0. The molecule has 14 aromatic rings. The summed E-state index contributed by atoms with van der Waals surface area (Å²) in [6.07, 6.45) is 0. The van der Waals surface area contributed by atoms with E-state index in [1.807, 2.05) is 12.1 Å². The molecule has 320 valence electrons. The molecule has 0 saturated heterocycles. The van der Waals surface area contributed by atoms with Gasteiger partial charge in [-0.15, -0.1) is 0 Å². The first-order chi connectivity index (χ1) is 34.2. The van der Waals surface area contributed by atoms with Crippen molar-refractivity contribution in [1.29, 1.82) is 0 Å². The number of fused-ring (bicyclic) bond motifs is 16. The second-order valence-corrected chi connectivity index (χ2v) is 18.7. The van der Waals surface area contributed by atoms with Crippen LogP contribution in [0.2, 0.25) is 0 Å². The number of rotatable bonds is 5. The molecule has 0 bridgehead atoms. The van der Waals surface area contributed by atoms with Gasteiger partial charge in [-0.05, 0) is 160 Å². The van der Waals surface area contributed by atoms with E-state index in [1.54, 1.807) is 0 Å². The summed E-state index contributed by atoms with van der Waals surface area (Å²) in [6, 6.07) is 89.3. The number of hydrogen-bond acceptors (Lipinski definition) is 2. The van der Waals surface area contributed by atoms with Crippen molar-refractivity contribution in [2.75, 3.05) is 0 Å². The highest BCUT2D eigenvalue weighted by Crippen LogP contribution is 2.57. The third-order valence-electron chi connectivity index (χ3n) is 15.1. The minimum atomic E-state index is -0.508. The molecular formula is C67H40O2. The Morgan fingerprint density at radius 2 is 0.652 bits per heavy atom. The summed E-state index contributed by atoms with van der Waals surface area (Å²) in [5.41, 5.74) is 17.3. The zero-order valence-electron chi connectivity index (χ0n) is 37.4. The molecule has 0 N–H and O–H groups in total. The largest absolute Gasteiger partial charge is 0.452 e. The van der Waals surface area contributed by atoms with E-state index in [-0.39, 0.29) is 0 Å². The van der Waals surface area contributed by atoms with Gasteiger partial charge in [-0.3, -0.25) is 0 Å². The van der Waals surface area contributed by atoms with Crippen molar-refractivity contribution < 1.29 is 8.83 Å². The number of furan rings is 2. The van der Waals surface area contributed by atoms with E-state index in [9.17, 15) is 0 Å². The van der Waals surface area contributed by atoms with Crippen LogP contribution >= 0.6 is 0 Å². The molecule has 0 saturated carbocycles. The van der Waals surface area contributed by atoms with Gasteiger partial charge in [-0.1, -0.05) is 182 Å². The van der Waals surface area contributed by atoms with Gasteiger partial charge < -0.3 is 8.83 Å². The van der Waals surface area contributed by atoms with E-state index in [1.165, 1.54) is 76.8 Å². The zero-order valence-corrected chi connectivity index (χ0v) is 37.4. The van der Waals surface area contributed by atoms with Crippen LogP contribution in [-0.2, 0) is 5.41 Å². The average Bonchev–Trinajstić information content (AvgIpc) is 4.09. The number of para-hydroxylation sites is 1. The van der Waals surface area contributed by atoms with Gasteiger partial charge in [0, 0.05) is 21.5 Å². The standard InChI is InChI=1S/C67H40O2/c1-3-15-47(16-4-1)67(48-17-5-2-6-18-48)61-25-13-11-23-54(61)55-31-28-43(40-62(55)67)46-36-44(41-27-30-53-51-21-8-7-19-49(51)50-20-9-10-22-52(50)59(53)38-41)35-45(37-46)42-29-34-64-60(39-42)58-33-32-57-56-24-12-14-26-63(56)68-65(57)66(58)69-64/h1-40H. The van der Waals surface area contributed by atoms with Crippen LogP contribution in [0.25, 0.3) is 121 Å². The molecule has 0 aliphatic heterocycles. The lowest BCUT2D eigenvalue weighted by Crippen LogP contribution is -2.28. The lowest BCUT2D eigenvalue weighted by atomic mass is 9.67. The predicted molar refractivity (Wildman–Crippen MR) is 287 cm³/mol. The Hall–Kier alpha value is -8.98. The minimum absolute atomic E-state index is 0.508. The lowest BCUT2D eigenvalue weighted by molar-refractivity contribution is 0.633. The normalized spacial score (nSPS) is 13.0. The Morgan fingerprint density at radius 3 is 1.29 bits per heavy atom. The second kappa shape index (κ2) is 14.5. The zero-order chi connectivity index (χ0) is 45.2. The minimum Gasteiger partial charge on any atom is -0.452 e. The average molecular weight is 877 g/mol. The molecular weight excluding hydrogens is 837 g/mol. The van der Waals surface area contributed by atoms with Crippen molar-refractivity contribution in [3.8, 4) is 44.5 Å². The topological polar surface area (TPSA) is 26.3 Å². The molecule has 2 aromatic heterocycles. The highest BCUT2D eigenvalue weighted by atomic mass is 16.4. The van der Waals surface area contributed by atoms with Gasteiger partial charge in [0.05, 0.1) is 5.41 Å². The van der Waals surface area contributed by atoms with Gasteiger partial charge >= 0.3 is 0 Å². The van der Waals surface area contributed by atoms with E-state index in [0.29, 0.717) is 0 Å². The fourth-order valence-corrected chi connectivity index (χ4v) is 12.0. The van der Waals surface area contributed by atoms with Gasteiger partial charge in [-0.2, -0.15) is 0 Å². The maximum absolute atomic E-state index is 6.65. The van der Waals surface area contributed by atoms with Crippen LogP contribution in [0.3, 0.4) is 0 Å². The van der Waals surface area contributed by atoms with E-state index in [4.69, 9.17) is 8.83 Å². The van der Waals surface area contributed by atoms with Crippen molar-refractivity contribution in [3.63, 3.8) is 0 Å². The van der Waals surface area contributed by atoms with E-state index in [2.05, 4.69) is 231 Å². The van der Waals surface area contributed by atoms with Crippen molar-refractivity contribution in [2.45, 2.75) is 5.41 Å². The Kier molecular flexibility index (Phi) is 8.02. The predicted octanol–water partition coefficient (Wildman–Crippen LogP) is 18.3. The van der Waals surface area contributed by atoms with E-state index >= 15 is 0 Å². The highest BCUT2D eigenvalue weighted by Gasteiger charge is 2.46. The maximum atomic E-state index is 6.65. The van der Waals surface area contributed by atoms with Crippen LogP contribution < -0.4 is 0 Å². The summed E-state index contributed by atoms with van der Waals surface area (Å²) in [5.74, 6) is 0. The molecule has 12 aromatic carbocycles. The van der Waals surface area contributed by atoms with Crippen LogP contribution in [-0.4, -0.2) is 0 Å². The van der Waals surface area contributed by atoms with Gasteiger partial charge in [0.1, 0.15) is 11.2 Å². The highest BCUT2D eigenvalue weighted by molar-refractivity contribution is 6.26. The van der Waals surface area contributed by atoms with E-state index in [0.717, 1.165) is 66.1 Å². The van der Waals surface area contributed by atoms with E-state index < -0.39 is 5.41 Å². The second-order valence-electron chi connectivity index (χ2n) is 18.7. The maximum Gasteiger partial charge on any atom is 0.178 e. The van der Waals surface area contributed by atoms with Crippen LogP contribution in [0.5, 0.6) is 0 Å². The Balaban J connectivity index is 0.975. The SMILES string of the molecule is c1ccc(C2(c3ccccc3)c3ccccc3-c3ccc(-c4cc(-c5ccc6oc7c(ccc8c9ccccc9oc87)c6c5)cc(-c5ccc6c7ccccc7c7ccccc7c6c5)c4)cc32)cc1. The Labute approximate surface area is 397 Å². The number of benzene rings is 12. The summed E-state index contributed by atoms with van der Waals surface area (Å²) < 4.78 is 13.1. The monoisotopic (exact) mass is 876 g/mol. The third kappa shape index (κ3) is 5.49. The molecule has 2 heteroatoms. The number of hydrogen-bond donors (Lipinski definition) is 0. The molecule has 0 unspecified atom stereocenters. The fraction of sp³-hybridized carbons (Fsp3) is 0.0149. The Bertz CT molecular complexity index is 4340. The van der Waals surface area contributed by atoms with Crippen molar-refractivity contribution in [1.82, 2.24) is 0 Å². The van der Waals surface area contributed by atoms with Gasteiger partial charge in [0.25, 0.3) is 0 Å². The molecule has 1 aliphatic carbocycles. The summed E-state index contributed by atoms with van der Waals surface area (Å²) in [7, 11) is 0. The fourth-order valence-electron chi connectivity index (χ4n) is 12.0. The van der Waals surface area contributed by atoms with Crippen molar-refractivity contribution in [3.05, 3.63) is 265 Å². The summed E-state index contributed by atoms with van der Waals surface area (Å²) in [5, 5.41) is 11.9. The smallest absolute Gasteiger partial charge is 0.178 e. The molecule has 0 atom stereocenters. The van der Waals surface area contributed by atoms with Crippen molar-refractivity contribution >= 4 is 76.2 Å². The quantitative estimate of drug-likeness (QED) is 0.161. The van der Waals surface area contributed by atoms with Crippen LogP contribution in [0.1, 0.15) is 22.3 Å². The molecule has 0 radical (unpaired) electrons. The summed E-state index contributed by atoms with van der Waals surface area (Å²) in [6.45, 7) is 0. The summed E-state index contributed by atoms with van der Waals surface area (Å²) >= 11 is 0. The van der Waals surface area contributed by atoms with Crippen LogP contribution in [0.15, 0.2) is 251 Å². The molecule has 2 heterocycles. The Morgan fingerprint density at radius 1 is 0.232 bits per heavy atom. The molecule has 69 heavy (non-hydrogen) atoms. The van der Waals surface area contributed by atoms with Gasteiger partial charge in [0.2, 0.25) is 0 Å². The first kappa shape index (κ1) is 38.2.